The van der Waals surface area contributed by atoms with Gasteiger partial charge in [0, 0.05) is 22.1 Å². The monoisotopic (exact) mass is 534 g/mol. The number of fused-ring (bicyclic) bond motifs is 1. The molecular weight excluding hydrogens is 510 g/mol. The van der Waals surface area contributed by atoms with E-state index >= 15 is 4.39 Å². The minimum atomic E-state index is -5.17. The van der Waals surface area contributed by atoms with Gasteiger partial charge in [0.1, 0.15) is 23.0 Å². The maximum Gasteiger partial charge on any atom is 0.422 e. The summed E-state index contributed by atoms with van der Waals surface area (Å²) in [6.45, 7) is 2.19. The van der Waals surface area contributed by atoms with Crippen molar-refractivity contribution in [1.82, 2.24) is 0 Å². The fourth-order valence-electron chi connectivity index (χ4n) is 4.18. The van der Waals surface area contributed by atoms with Gasteiger partial charge in [-0.15, -0.1) is 0 Å². The number of rotatable bonds is 5. The van der Waals surface area contributed by atoms with E-state index in [2.05, 4.69) is 42.7 Å². The zero-order chi connectivity index (χ0) is 28.0. The molecule has 0 fully saturated rings. The van der Waals surface area contributed by atoms with Crippen molar-refractivity contribution in [2.75, 3.05) is 0 Å². The Balaban J connectivity index is 1.51. The first-order valence-corrected chi connectivity index (χ1v) is 12.6. The van der Waals surface area contributed by atoms with E-state index in [1.54, 1.807) is 24.3 Å². The molecule has 0 unspecified atom stereocenters. The Morgan fingerprint density at radius 3 is 1.95 bits per heavy atom. The van der Waals surface area contributed by atoms with Crippen LogP contribution in [0.25, 0.3) is 10.8 Å². The van der Waals surface area contributed by atoms with Crippen LogP contribution >= 0.6 is 0 Å². The zero-order valence-electron chi connectivity index (χ0n) is 21.2. The molecule has 0 saturated heterocycles. The molecule has 0 heterocycles. The first-order valence-electron chi connectivity index (χ1n) is 12.6. The second-order valence-corrected chi connectivity index (χ2v) is 9.18. The van der Waals surface area contributed by atoms with E-state index in [4.69, 9.17) is 0 Å². The third kappa shape index (κ3) is 7.03. The summed E-state index contributed by atoms with van der Waals surface area (Å²) in [5.74, 6) is 6.78. The Hall–Kier alpha value is -4.16. The molecular formula is C33H24F6. The topological polar surface area (TPSA) is 0 Å². The third-order valence-corrected chi connectivity index (χ3v) is 6.25. The van der Waals surface area contributed by atoms with Gasteiger partial charge in [0.2, 0.25) is 0 Å². The smallest absolute Gasteiger partial charge is 0.206 e. The molecule has 0 aliphatic carbocycles. The molecule has 0 N–H and O–H groups in total. The highest BCUT2D eigenvalue weighted by Gasteiger charge is 2.37. The molecule has 0 aliphatic rings. The maximum atomic E-state index is 15.1. The molecule has 0 saturated carbocycles. The average Bonchev–Trinajstić information content (AvgIpc) is 2.89. The van der Waals surface area contributed by atoms with Crippen molar-refractivity contribution in [2.45, 2.75) is 45.2 Å². The van der Waals surface area contributed by atoms with Crippen LogP contribution in [0.5, 0.6) is 0 Å². The van der Waals surface area contributed by atoms with Crippen molar-refractivity contribution >= 4 is 10.8 Å². The van der Waals surface area contributed by atoms with Crippen molar-refractivity contribution in [1.29, 1.82) is 0 Å². The van der Waals surface area contributed by atoms with Crippen LogP contribution in [-0.2, 0) is 12.6 Å². The van der Waals surface area contributed by atoms with Crippen LogP contribution in [-0.4, -0.2) is 0 Å². The fraction of sp³-hybridized carbons (Fsp3) is 0.212. The summed E-state index contributed by atoms with van der Waals surface area (Å²) >= 11 is 0. The molecule has 0 atom stereocenters. The van der Waals surface area contributed by atoms with Crippen molar-refractivity contribution in [3.8, 4) is 23.7 Å². The molecule has 0 amide bonds. The molecule has 6 heteroatoms. The quantitative estimate of drug-likeness (QED) is 0.136. The molecule has 39 heavy (non-hydrogen) atoms. The summed E-state index contributed by atoms with van der Waals surface area (Å²) in [7, 11) is 0. The second kappa shape index (κ2) is 12.1. The molecule has 0 aliphatic heterocycles. The fourth-order valence-corrected chi connectivity index (χ4v) is 4.18. The van der Waals surface area contributed by atoms with Crippen LogP contribution in [0.1, 0.15) is 66.0 Å². The Morgan fingerprint density at radius 2 is 1.28 bits per heavy atom. The maximum absolute atomic E-state index is 15.1. The van der Waals surface area contributed by atoms with E-state index in [9.17, 15) is 22.0 Å². The minimum Gasteiger partial charge on any atom is -0.206 e. The standard InChI is InChI=1S/C33H24F6/c1-2-3-4-5-6-22-7-9-23(10-8-22)11-12-24-14-18-28-27(19-24)17-16-26(32(28)36)15-13-25-20-29(34)31(30(35)21-25)33(37,38)39/h7-10,14,16-21H,2-6H2,1H3. The normalized spacial score (nSPS) is 11.1. The summed E-state index contributed by atoms with van der Waals surface area (Å²) in [5.41, 5.74) is 0.467. The Bertz CT molecular complexity index is 1580. The first kappa shape index (κ1) is 27.9. The number of hydrogen-bond donors (Lipinski definition) is 0. The van der Waals surface area contributed by atoms with Crippen LogP contribution in [0.2, 0.25) is 0 Å². The van der Waals surface area contributed by atoms with Crippen molar-refractivity contribution in [3.05, 3.63) is 118 Å². The van der Waals surface area contributed by atoms with E-state index in [0.717, 1.165) is 12.0 Å². The van der Waals surface area contributed by atoms with Gasteiger partial charge in [-0.25, -0.2) is 13.2 Å². The summed E-state index contributed by atoms with van der Waals surface area (Å²) in [6.07, 6.45) is 0.737. The average molecular weight is 535 g/mol. The van der Waals surface area contributed by atoms with Gasteiger partial charge in [-0.05, 0) is 66.3 Å². The van der Waals surface area contributed by atoms with Gasteiger partial charge >= 0.3 is 6.18 Å². The SMILES string of the molecule is CCCCCCc1ccc(C#Cc2ccc3c(F)c(C#Cc4cc(F)c(C(F)(F)F)c(F)c4)ccc3c2)cc1. The lowest BCUT2D eigenvalue weighted by atomic mass is 10.0. The van der Waals surface area contributed by atoms with Crippen LogP contribution in [0.4, 0.5) is 26.3 Å². The molecule has 0 radical (unpaired) electrons. The van der Waals surface area contributed by atoms with Crippen LogP contribution < -0.4 is 0 Å². The number of hydrogen-bond acceptors (Lipinski definition) is 0. The summed E-state index contributed by atoms with van der Waals surface area (Å²) in [5, 5.41) is 0.850. The van der Waals surface area contributed by atoms with E-state index < -0.39 is 29.2 Å². The zero-order valence-corrected chi connectivity index (χ0v) is 21.2. The van der Waals surface area contributed by atoms with E-state index in [1.165, 1.54) is 37.3 Å². The largest absolute Gasteiger partial charge is 0.422 e. The van der Waals surface area contributed by atoms with Gasteiger partial charge < -0.3 is 0 Å². The lowest BCUT2D eigenvalue weighted by molar-refractivity contribution is -0.142. The Kier molecular flexibility index (Phi) is 8.67. The molecule has 4 aromatic rings. The van der Waals surface area contributed by atoms with E-state index in [1.807, 2.05) is 12.1 Å². The molecule has 0 spiro atoms. The number of alkyl halides is 3. The minimum absolute atomic E-state index is 0.0585. The first-order chi connectivity index (χ1) is 18.7. The van der Waals surface area contributed by atoms with Gasteiger partial charge in [-0.2, -0.15) is 13.2 Å². The summed E-state index contributed by atoms with van der Waals surface area (Å²) < 4.78 is 80.9. The van der Waals surface area contributed by atoms with Gasteiger partial charge in [0.15, 0.2) is 0 Å². The van der Waals surface area contributed by atoms with Crippen molar-refractivity contribution < 1.29 is 26.3 Å². The van der Waals surface area contributed by atoms with Crippen LogP contribution in [0.15, 0.2) is 66.7 Å². The molecule has 0 bridgehead atoms. The van der Waals surface area contributed by atoms with Gasteiger partial charge in [0.05, 0.1) is 5.56 Å². The Morgan fingerprint density at radius 1 is 0.641 bits per heavy atom. The van der Waals surface area contributed by atoms with E-state index in [-0.39, 0.29) is 16.5 Å². The number of aryl methyl sites for hydroxylation is 1. The molecule has 4 aromatic carbocycles. The predicted octanol–water partition coefficient (Wildman–Crippen LogP) is 9.20. The number of unbranched alkanes of at least 4 members (excludes halogenated alkanes) is 3. The highest BCUT2D eigenvalue weighted by molar-refractivity contribution is 5.86. The van der Waals surface area contributed by atoms with Gasteiger partial charge in [-0.1, -0.05) is 74.1 Å². The van der Waals surface area contributed by atoms with Crippen molar-refractivity contribution in [2.24, 2.45) is 0 Å². The van der Waals surface area contributed by atoms with Crippen LogP contribution in [0.3, 0.4) is 0 Å². The summed E-state index contributed by atoms with van der Waals surface area (Å²) in [6, 6.07) is 17.1. The third-order valence-electron chi connectivity index (χ3n) is 6.25. The lowest BCUT2D eigenvalue weighted by Crippen LogP contribution is -2.11. The van der Waals surface area contributed by atoms with Crippen LogP contribution in [0, 0.1) is 41.1 Å². The number of benzene rings is 4. The van der Waals surface area contributed by atoms with Crippen molar-refractivity contribution in [3.63, 3.8) is 0 Å². The molecule has 4 rings (SSSR count). The second-order valence-electron chi connectivity index (χ2n) is 9.18. The highest BCUT2D eigenvalue weighted by Crippen LogP contribution is 2.34. The van der Waals surface area contributed by atoms with Gasteiger partial charge in [-0.3, -0.25) is 0 Å². The Labute approximate surface area is 223 Å². The molecule has 0 aromatic heterocycles. The highest BCUT2D eigenvalue weighted by atomic mass is 19.4. The van der Waals surface area contributed by atoms with Gasteiger partial charge in [0.25, 0.3) is 0 Å². The molecule has 198 valence electrons. The van der Waals surface area contributed by atoms with E-state index in [0.29, 0.717) is 23.1 Å². The lowest BCUT2D eigenvalue weighted by Gasteiger charge is -2.09. The number of halogens is 6. The predicted molar refractivity (Wildman–Crippen MR) is 142 cm³/mol. The molecule has 0 nitrogen and oxygen atoms in total. The summed E-state index contributed by atoms with van der Waals surface area (Å²) in [4.78, 5) is 0.